The summed E-state index contributed by atoms with van der Waals surface area (Å²) in [6.07, 6.45) is 6.35. The third kappa shape index (κ3) is 2.68. The highest BCUT2D eigenvalue weighted by Crippen LogP contribution is 2.40. The minimum absolute atomic E-state index is 0.209. The lowest BCUT2D eigenvalue weighted by atomic mass is 10.2. The molecule has 2 aliphatic carbocycles. The Bertz CT molecular complexity index is 604. The van der Waals surface area contributed by atoms with Crippen molar-refractivity contribution in [3.05, 3.63) is 28.2 Å². The topological polar surface area (TPSA) is 37.4 Å². The number of nitrogens with zero attached hydrogens (tertiary/aromatic N) is 1. The molecule has 3 nitrogen and oxygen atoms in total. The van der Waals surface area contributed by atoms with Gasteiger partial charge in [0.05, 0.1) is 4.90 Å². The predicted octanol–water partition coefficient (Wildman–Crippen LogP) is 3.85. The zero-order valence-corrected chi connectivity index (χ0v) is 14.1. The molecule has 2 fully saturated rings. The quantitative estimate of drug-likeness (QED) is 0.820. The summed E-state index contributed by atoms with van der Waals surface area (Å²) in [6.45, 7) is 1.97. The van der Waals surface area contributed by atoms with Crippen LogP contribution in [0.3, 0.4) is 0 Å². The van der Waals surface area contributed by atoms with E-state index in [1.165, 1.54) is 0 Å². The molecule has 0 atom stereocenters. The molecule has 0 unspecified atom stereocenters. The smallest absolute Gasteiger partial charge is 0.207 e. The summed E-state index contributed by atoms with van der Waals surface area (Å²) in [4.78, 5) is 0.418. The lowest BCUT2D eigenvalue weighted by molar-refractivity contribution is 0.314. The Morgan fingerprint density at radius 1 is 1.10 bits per heavy atom. The van der Waals surface area contributed by atoms with Crippen LogP contribution in [0.5, 0.6) is 0 Å². The van der Waals surface area contributed by atoms with Crippen LogP contribution in [0.4, 0.5) is 0 Å². The van der Waals surface area contributed by atoms with Crippen molar-refractivity contribution in [1.82, 2.24) is 4.31 Å². The van der Waals surface area contributed by atoms with E-state index in [0.717, 1.165) is 44.1 Å². The van der Waals surface area contributed by atoms with E-state index in [9.17, 15) is 8.42 Å². The van der Waals surface area contributed by atoms with E-state index in [1.54, 1.807) is 6.07 Å². The second kappa shape index (κ2) is 5.43. The average molecular weight is 358 g/mol. The fourth-order valence-electron chi connectivity index (χ4n) is 3.11. The van der Waals surface area contributed by atoms with Gasteiger partial charge in [0.2, 0.25) is 10.0 Å². The van der Waals surface area contributed by atoms with Gasteiger partial charge in [-0.3, -0.25) is 0 Å². The first-order valence-electron chi connectivity index (χ1n) is 7.30. The van der Waals surface area contributed by atoms with Gasteiger partial charge in [-0.1, -0.05) is 18.9 Å². The molecule has 110 valence electrons. The van der Waals surface area contributed by atoms with Gasteiger partial charge in [-0.15, -0.1) is 0 Å². The molecule has 0 heterocycles. The lowest BCUT2D eigenvalue weighted by Gasteiger charge is -2.28. The Morgan fingerprint density at radius 3 is 2.25 bits per heavy atom. The maximum Gasteiger partial charge on any atom is 0.244 e. The van der Waals surface area contributed by atoms with Crippen LogP contribution in [-0.4, -0.2) is 24.8 Å². The maximum absolute atomic E-state index is 13.0. The fourth-order valence-corrected chi connectivity index (χ4v) is 6.19. The molecule has 1 aromatic rings. The van der Waals surface area contributed by atoms with Crippen LogP contribution < -0.4 is 0 Å². The first-order valence-corrected chi connectivity index (χ1v) is 9.53. The van der Waals surface area contributed by atoms with Crippen molar-refractivity contribution in [3.8, 4) is 0 Å². The van der Waals surface area contributed by atoms with E-state index in [-0.39, 0.29) is 12.1 Å². The van der Waals surface area contributed by atoms with E-state index in [1.807, 2.05) is 23.4 Å². The molecule has 3 rings (SSSR count). The van der Waals surface area contributed by atoms with Crippen LogP contribution in [0.1, 0.15) is 44.1 Å². The Balaban J connectivity index is 1.99. The summed E-state index contributed by atoms with van der Waals surface area (Å²) in [6, 6.07) is 5.93. The summed E-state index contributed by atoms with van der Waals surface area (Å²) < 4.78 is 28.6. The molecule has 0 spiro atoms. The van der Waals surface area contributed by atoms with Gasteiger partial charge in [0.25, 0.3) is 0 Å². The predicted molar refractivity (Wildman–Crippen MR) is 83.2 cm³/mol. The number of halogens is 1. The minimum atomic E-state index is -3.38. The molecule has 2 aliphatic rings. The summed E-state index contributed by atoms with van der Waals surface area (Å²) >= 11 is 3.42. The summed E-state index contributed by atoms with van der Waals surface area (Å²) in [5.74, 6) is 0. The third-order valence-corrected chi connectivity index (χ3v) is 7.22. The van der Waals surface area contributed by atoms with Crippen molar-refractivity contribution in [2.75, 3.05) is 0 Å². The summed E-state index contributed by atoms with van der Waals surface area (Å²) in [5, 5.41) is 0. The van der Waals surface area contributed by atoms with Crippen LogP contribution in [0.25, 0.3) is 0 Å². The van der Waals surface area contributed by atoms with E-state index in [2.05, 4.69) is 15.9 Å². The highest BCUT2D eigenvalue weighted by atomic mass is 79.9. The molecule has 2 saturated carbocycles. The Labute approximate surface area is 129 Å². The molecule has 0 aliphatic heterocycles. The summed E-state index contributed by atoms with van der Waals surface area (Å²) in [7, 11) is -3.38. The van der Waals surface area contributed by atoms with Crippen molar-refractivity contribution in [1.29, 1.82) is 0 Å². The van der Waals surface area contributed by atoms with Crippen LogP contribution in [0, 0.1) is 6.92 Å². The van der Waals surface area contributed by atoms with Crippen molar-refractivity contribution < 1.29 is 8.42 Å². The van der Waals surface area contributed by atoms with Crippen LogP contribution in [0.15, 0.2) is 27.6 Å². The monoisotopic (exact) mass is 357 g/mol. The van der Waals surface area contributed by atoms with E-state index in [0.29, 0.717) is 9.37 Å². The Morgan fingerprint density at radius 2 is 1.70 bits per heavy atom. The van der Waals surface area contributed by atoms with Gasteiger partial charge in [-0.05, 0) is 66.2 Å². The molecular weight excluding hydrogens is 338 g/mol. The third-order valence-electron chi connectivity index (χ3n) is 4.23. The molecule has 0 amide bonds. The van der Waals surface area contributed by atoms with Crippen molar-refractivity contribution in [2.45, 2.75) is 62.4 Å². The number of hydrogen-bond acceptors (Lipinski definition) is 2. The Kier molecular flexibility index (Phi) is 3.95. The summed E-state index contributed by atoms with van der Waals surface area (Å²) in [5.41, 5.74) is 1.06. The first-order chi connectivity index (χ1) is 9.50. The van der Waals surface area contributed by atoms with E-state index in [4.69, 9.17) is 0 Å². The van der Waals surface area contributed by atoms with Crippen LogP contribution in [0.2, 0.25) is 0 Å². The maximum atomic E-state index is 13.0. The van der Waals surface area contributed by atoms with Crippen molar-refractivity contribution >= 4 is 26.0 Å². The highest BCUT2D eigenvalue weighted by molar-refractivity contribution is 9.10. The van der Waals surface area contributed by atoms with Gasteiger partial charge in [0.15, 0.2) is 0 Å². The van der Waals surface area contributed by atoms with Gasteiger partial charge in [0, 0.05) is 16.6 Å². The average Bonchev–Trinajstić information content (AvgIpc) is 3.03. The fraction of sp³-hybridized carbons (Fsp3) is 0.600. The standard InChI is InChI=1S/C15H20BrNO2S/c1-11-6-9-15(14(16)10-11)20(18,19)17(13-7-8-13)12-4-2-3-5-12/h6,9-10,12-13H,2-5,7-8H2,1H3. The van der Waals surface area contributed by atoms with Gasteiger partial charge in [-0.25, -0.2) is 8.42 Å². The number of aryl methyl sites for hydroxylation is 1. The molecule has 5 heteroatoms. The number of benzene rings is 1. The number of rotatable bonds is 4. The molecular formula is C15H20BrNO2S. The Hall–Kier alpha value is -0.390. The molecule has 0 saturated heterocycles. The van der Waals surface area contributed by atoms with Gasteiger partial charge in [-0.2, -0.15) is 4.31 Å². The number of sulfonamides is 1. The molecule has 1 aromatic carbocycles. The van der Waals surface area contributed by atoms with Gasteiger partial charge in [0.1, 0.15) is 0 Å². The van der Waals surface area contributed by atoms with Crippen LogP contribution in [-0.2, 0) is 10.0 Å². The first kappa shape index (κ1) is 14.5. The molecule has 0 radical (unpaired) electrons. The largest absolute Gasteiger partial charge is 0.244 e. The molecule has 0 bridgehead atoms. The van der Waals surface area contributed by atoms with Crippen molar-refractivity contribution in [2.24, 2.45) is 0 Å². The van der Waals surface area contributed by atoms with Gasteiger partial charge >= 0.3 is 0 Å². The molecule has 0 N–H and O–H groups in total. The minimum Gasteiger partial charge on any atom is -0.207 e. The van der Waals surface area contributed by atoms with E-state index >= 15 is 0 Å². The van der Waals surface area contributed by atoms with Crippen molar-refractivity contribution in [3.63, 3.8) is 0 Å². The lowest BCUT2D eigenvalue weighted by Crippen LogP contribution is -2.40. The number of hydrogen-bond donors (Lipinski definition) is 0. The highest BCUT2D eigenvalue weighted by Gasteiger charge is 2.43. The SMILES string of the molecule is Cc1ccc(S(=O)(=O)N(C2CCCC2)C2CC2)c(Br)c1. The van der Waals surface area contributed by atoms with Crippen LogP contribution >= 0.6 is 15.9 Å². The second-order valence-corrected chi connectivity index (χ2v) is 8.60. The van der Waals surface area contributed by atoms with E-state index < -0.39 is 10.0 Å². The zero-order valence-electron chi connectivity index (χ0n) is 11.7. The molecule has 20 heavy (non-hydrogen) atoms. The van der Waals surface area contributed by atoms with Gasteiger partial charge < -0.3 is 0 Å². The normalized spacial score (nSPS) is 20.8. The molecule has 0 aromatic heterocycles. The second-order valence-electron chi connectivity index (χ2n) is 5.94. The zero-order chi connectivity index (χ0) is 14.3.